The van der Waals surface area contributed by atoms with Crippen molar-refractivity contribution < 1.29 is 0 Å². The predicted octanol–water partition coefficient (Wildman–Crippen LogP) is 2.46. The van der Waals surface area contributed by atoms with Crippen molar-refractivity contribution in [2.45, 2.75) is 53.0 Å². The molecule has 0 aliphatic heterocycles. The van der Waals surface area contributed by atoms with Gasteiger partial charge >= 0.3 is 0 Å². The summed E-state index contributed by atoms with van der Waals surface area (Å²) in [6, 6.07) is 0.546. The molecule has 15 heavy (non-hydrogen) atoms. The van der Waals surface area contributed by atoms with Crippen molar-refractivity contribution in [1.82, 2.24) is 4.90 Å². The molecule has 0 radical (unpaired) electrons. The SMILES string of the molecule is CCC(CC)CN(CCC(=N)N)C(C)C. The summed E-state index contributed by atoms with van der Waals surface area (Å²) in [4.78, 5) is 2.43. The van der Waals surface area contributed by atoms with Crippen LogP contribution in [0.4, 0.5) is 0 Å². The quantitative estimate of drug-likeness (QED) is 0.481. The summed E-state index contributed by atoms with van der Waals surface area (Å²) in [5, 5.41) is 7.25. The monoisotopic (exact) mass is 213 g/mol. The van der Waals surface area contributed by atoms with Gasteiger partial charge in [0.05, 0.1) is 5.84 Å². The number of amidine groups is 1. The van der Waals surface area contributed by atoms with Gasteiger partial charge < -0.3 is 10.6 Å². The van der Waals surface area contributed by atoms with Gasteiger partial charge in [0.25, 0.3) is 0 Å². The van der Waals surface area contributed by atoms with Gasteiger partial charge in [0, 0.05) is 25.6 Å². The second-order valence-corrected chi connectivity index (χ2v) is 4.55. The molecule has 3 nitrogen and oxygen atoms in total. The van der Waals surface area contributed by atoms with E-state index >= 15 is 0 Å². The molecule has 90 valence electrons. The molecule has 0 aromatic carbocycles. The topological polar surface area (TPSA) is 53.1 Å². The third-order valence-corrected chi connectivity index (χ3v) is 3.05. The zero-order valence-electron chi connectivity index (χ0n) is 10.7. The fourth-order valence-electron chi connectivity index (χ4n) is 1.70. The molecule has 0 saturated heterocycles. The maximum absolute atomic E-state index is 7.25. The zero-order valence-corrected chi connectivity index (χ0v) is 10.7. The van der Waals surface area contributed by atoms with Gasteiger partial charge in [-0.25, -0.2) is 0 Å². The van der Waals surface area contributed by atoms with E-state index in [1.165, 1.54) is 12.8 Å². The van der Waals surface area contributed by atoms with Gasteiger partial charge in [-0.3, -0.25) is 5.41 Å². The Morgan fingerprint density at radius 2 is 1.80 bits per heavy atom. The van der Waals surface area contributed by atoms with Gasteiger partial charge in [-0.15, -0.1) is 0 Å². The molecule has 0 aliphatic rings. The van der Waals surface area contributed by atoms with Gasteiger partial charge in [-0.2, -0.15) is 0 Å². The Labute approximate surface area is 94.5 Å². The van der Waals surface area contributed by atoms with E-state index < -0.39 is 0 Å². The van der Waals surface area contributed by atoms with Gasteiger partial charge in [0.1, 0.15) is 0 Å². The maximum atomic E-state index is 7.25. The summed E-state index contributed by atoms with van der Waals surface area (Å²) in [7, 11) is 0. The van der Waals surface area contributed by atoms with Crippen LogP contribution >= 0.6 is 0 Å². The molecule has 3 N–H and O–H groups in total. The van der Waals surface area contributed by atoms with Crippen molar-refractivity contribution in [3.05, 3.63) is 0 Å². The smallest absolute Gasteiger partial charge is 0.0918 e. The summed E-state index contributed by atoms with van der Waals surface area (Å²) in [6.07, 6.45) is 3.16. The highest BCUT2D eigenvalue weighted by molar-refractivity contribution is 5.76. The normalized spacial score (nSPS) is 11.7. The largest absolute Gasteiger partial charge is 0.388 e. The van der Waals surface area contributed by atoms with Crippen LogP contribution < -0.4 is 5.73 Å². The Kier molecular flexibility index (Phi) is 7.39. The van der Waals surface area contributed by atoms with Crippen LogP contribution in [0.15, 0.2) is 0 Å². The van der Waals surface area contributed by atoms with Crippen LogP contribution in [0.2, 0.25) is 0 Å². The lowest BCUT2D eigenvalue weighted by molar-refractivity contribution is 0.187. The number of rotatable bonds is 8. The van der Waals surface area contributed by atoms with Crippen LogP contribution in [0.1, 0.15) is 47.0 Å². The fourth-order valence-corrected chi connectivity index (χ4v) is 1.70. The molecule has 0 rings (SSSR count). The van der Waals surface area contributed by atoms with Crippen LogP contribution in [0.25, 0.3) is 0 Å². The van der Waals surface area contributed by atoms with Crippen LogP contribution in [0.5, 0.6) is 0 Å². The first kappa shape index (κ1) is 14.4. The number of nitrogens with one attached hydrogen (secondary N) is 1. The number of hydrogen-bond donors (Lipinski definition) is 2. The van der Waals surface area contributed by atoms with Crippen LogP contribution in [-0.2, 0) is 0 Å². The molecule has 0 unspecified atom stereocenters. The Bertz CT molecular complexity index is 174. The number of nitrogens with two attached hydrogens (primary N) is 1. The molecule has 0 saturated carbocycles. The van der Waals surface area contributed by atoms with E-state index in [1.807, 2.05) is 0 Å². The lowest BCUT2D eigenvalue weighted by Crippen LogP contribution is -2.37. The van der Waals surface area contributed by atoms with Crippen molar-refractivity contribution in [2.24, 2.45) is 11.7 Å². The highest BCUT2D eigenvalue weighted by Gasteiger charge is 2.14. The zero-order chi connectivity index (χ0) is 11.8. The number of nitrogens with zero attached hydrogens (tertiary/aromatic N) is 1. The minimum atomic E-state index is 0.296. The fraction of sp³-hybridized carbons (Fsp3) is 0.917. The molecule has 0 atom stereocenters. The molecule has 0 bridgehead atoms. The molecule has 0 aromatic rings. The molecule has 0 spiro atoms. The Balaban J connectivity index is 4.08. The van der Waals surface area contributed by atoms with Crippen LogP contribution in [0.3, 0.4) is 0 Å². The summed E-state index contributed by atoms with van der Waals surface area (Å²) < 4.78 is 0. The van der Waals surface area contributed by atoms with Crippen molar-refractivity contribution in [1.29, 1.82) is 5.41 Å². The Hall–Kier alpha value is -0.570. The first-order chi connectivity index (χ1) is 7.01. The summed E-state index contributed by atoms with van der Waals surface area (Å²) in [5.74, 6) is 1.07. The van der Waals surface area contributed by atoms with Gasteiger partial charge in [-0.1, -0.05) is 26.7 Å². The lowest BCUT2D eigenvalue weighted by atomic mass is 10.0. The summed E-state index contributed by atoms with van der Waals surface area (Å²) in [6.45, 7) is 11.0. The molecule has 0 fully saturated rings. The molecule has 0 aromatic heterocycles. The summed E-state index contributed by atoms with van der Waals surface area (Å²) in [5.41, 5.74) is 5.39. The van der Waals surface area contributed by atoms with E-state index in [4.69, 9.17) is 11.1 Å². The highest BCUT2D eigenvalue weighted by Crippen LogP contribution is 2.12. The molecule has 3 heteroatoms. The maximum Gasteiger partial charge on any atom is 0.0918 e. The molecular formula is C12H27N3. The second kappa shape index (κ2) is 7.69. The van der Waals surface area contributed by atoms with E-state index in [-0.39, 0.29) is 0 Å². The first-order valence-electron chi connectivity index (χ1n) is 6.08. The number of hydrogen-bond acceptors (Lipinski definition) is 2. The van der Waals surface area contributed by atoms with E-state index in [2.05, 4.69) is 32.6 Å². The highest BCUT2D eigenvalue weighted by atomic mass is 15.1. The Morgan fingerprint density at radius 3 is 2.13 bits per heavy atom. The van der Waals surface area contributed by atoms with Gasteiger partial charge in [0.15, 0.2) is 0 Å². The van der Waals surface area contributed by atoms with Crippen molar-refractivity contribution in [3.63, 3.8) is 0 Å². The van der Waals surface area contributed by atoms with Gasteiger partial charge in [0.2, 0.25) is 0 Å². The van der Waals surface area contributed by atoms with Crippen molar-refractivity contribution >= 4 is 5.84 Å². The summed E-state index contributed by atoms with van der Waals surface area (Å²) >= 11 is 0. The van der Waals surface area contributed by atoms with Crippen molar-refractivity contribution in [3.8, 4) is 0 Å². The second-order valence-electron chi connectivity index (χ2n) is 4.55. The van der Waals surface area contributed by atoms with Crippen LogP contribution in [-0.4, -0.2) is 29.9 Å². The third-order valence-electron chi connectivity index (χ3n) is 3.05. The van der Waals surface area contributed by atoms with E-state index in [1.54, 1.807) is 0 Å². The van der Waals surface area contributed by atoms with Crippen LogP contribution in [0, 0.1) is 11.3 Å². The molecule has 0 aliphatic carbocycles. The van der Waals surface area contributed by atoms with E-state index in [9.17, 15) is 0 Å². The Morgan fingerprint density at radius 1 is 1.27 bits per heavy atom. The average molecular weight is 213 g/mol. The predicted molar refractivity (Wildman–Crippen MR) is 67.3 cm³/mol. The molecule has 0 amide bonds. The third kappa shape index (κ3) is 6.50. The van der Waals surface area contributed by atoms with E-state index in [0.29, 0.717) is 18.3 Å². The minimum absolute atomic E-state index is 0.296. The average Bonchev–Trinajstić information content (AvgIpc) is 2.17. The van der Waals surface area contributed by atoms with Crippen molar-refractivity contribution in [2.75, 3.05) is 13.1 Å². The molecule has 0 heterocycles. The minimum Gasteiger partial charge on any atom is -0.388 e. The standard InChI is InChI=1S/C12H27N3/c1-5-11(6-2)9-15(10(3)4)8-7-12(13)14/h10-11H,5-9H2,1-4H3,(H3,13,14). The van der Waals surface area contributed by atoms with E-state index in [0.717, 1.165) is 19.0 Å². The van der Waals surface area contributed by atoms with Gasteiger partial charge in [-0.05, 0) is 19.8 Å². The molecular weight excluding hydrogens is 186 g/mol. The first-order valence-corrected chi connectivity index (χ1v) is 6.08. The lowest BCUT2D eigenvalue weighted by Gasteiger charge is -2.29.